The van der Waals surface area contributed by atoms with Crippen LogP contribution in [-0.2, 0) is 9.84 Å². The zero-order valence-corrected chi connectivity index (χ0v) is 12.3. The lowest BCUT2D eigenvalue weighted by atomic mass is 10.2. The molecule has 1 rings (SSSR count). The molecule has 0 heterocycles. The van der Waals surface area contributed by atoms with Gasteiger partial charge in [-0.15, -0.1) is 0 Å². The average Bonchev–Trinajstić information content (AvgIpc) is 2.29. The van der Waals surface area contributed by atoms with Gasteiger partial charge in [0, 0.05) is 18.5 Å². The highest BCUT2D eigenvalue weighted by Gasteiger charge is 2.08. The second kappa shape index (κ2) is 6.78. The van der Waals surface area contributed by atoms with E-state index in [2.05, 4.69) is 12.2 Å². The van der Waals surface area contributed by atoms with Crippen LogP contribution >= 0.6 is 0 Å². The van der Waals surface area contributed by atoms with Crippen LogP contribution in [0.25, 0.3) is 0 Å². The highest BCUT2D eigenvalue weighted by Crippen LogP contribution is 2.20. The minimum atomic E-state index is -3.12. The molecule has 0 amide bonds. The van der Waals surface area contributed by atoms with Crippen molar-refractivity contribution >= 4 is 15.5 Å². The topological polar surface area (TPSA) is 46.2 Å². The summed E-state index contributed by atoms with van der Waals surface area (Å²) in [5.41, 5.74) is 2.01. The predicted octanol–water partition coefficient (Wildman–Crippen LogP) is 3.39. The molecular weight excluding hydrogens is 246 g/mol. The third kappa shape index (κ3) is 4.69. The van der Waals surface area contributed by atoms with Crippen LogP contribution in [0, 0.1) is 6.92 Å². The Labute approximate surface area is 111 Å². The molecule has 0 atom stereocenters. The number of sulfone groups is 1. The number of hydrogen-bond donors (Lipinski definition) is 1. The van der Waals surface area contributed by atoms with Crippen LogP contribution in [0.2, 0.25) is 0 Å². The Morgan fingerprint density at radius 2 is 1.89 bits per heavy atom. The smallest absolute Gasteiger partial charge is 0.175 e. The summed E-state index contributed by atoms with van der Waals surface area (Å²) < 4.78 is 23.0. The Balaban J connectivity index is 2.65. The van der Waals surface area contributed by atoms with Gasteiger partial charge in [-0.2, -0.15) is 0 Å². The fourth-order valence-corrected chi connectivity index (χ4v) is 2.44. The standard InChI is InChI=1S/C14H23NO2S/c1-4-5-6-7-10-15-14-11-13(18(3,16)17)9-8-12(14)2/h8-9,11,15H,4-7,10H2,1-3H3. The molecule has 4 heteroatoms. The second-order valence-corrected chi connectivity index (χ2v) is 6.75. The van der Waals surface area contributed by atoms with Crippen molar-refractivity contribution in [2.45, 2.75) is 44.4 Å². The molecule has 0 saturated heterocycles. The van der Waals surface area contributed by atoms with Crippen molar-refractivity contribution in [2.75, 3.05) is 18.1 Å². The molecule has 3 nitrogen and oxygen atoms in total. The van der Waals surface area contributed by atoms with Gasteiger partial charge in [-0.1, -0.05) is 32.3 Å². The first-order chi connectivity index (χ1) is 8.45. The van der Waals surface area contributed by atoms with Crippen LogP contribution in [0.4, 0.5) is 5.69 Å². The van der Waals surface area contributed by atoms with Gasteiger partial charge in [-0.25, -0.2) is 8.42 Å². The van der Waals surface area contributed by atoms with Gasteiger partial charge in [0.2, 0.25) is 0 Å². The van der Waals surface area contributed by atoms with Crippen LogP contribution in [0.3, 0.4) is 0 Å². The summed E-state index contributed by atoms with van der Waals surface area (Å²) in [7, 11) is -3.12. The zero-order chi connectivity index (χ0) is 13.6. The molecule has 0 spiro atoms. The van der Waals surface area contributed by atoms with Gasteiger partial charge in [0.25, 0.3) is 0 Å². The average molecular weight is 269 g/mol. The van der Waals surface area contributed by atoms with Crippen molar-refractivity contribution in [1.29, 1.82) is 0 Å². The molecule has 0 unspecified atom stereocenters. The maximum atomic E-state index is 11.5. The highest BCUT2D eigenvalue weighted by molar-refractivity contribution is 7.90. The van der Waals surface area contributed by atoms with Gasteiger partial charge in [0.15, 0.2) is 9.84 Å². The Morgan fingerprint density at radius 3 is 2.50 bits per heavy atom. The van der Waals surface area contributed by atoms with Crippen LogP contribution < -0.4 is 5.32 Å². The molecule has 0 bridgehead atoms. The quantitative estimate of drug-likeness (QED) is 0.772. The fourth-order valence-electron chi connectivity index (χ4n) is 1.80. The van der Waals surface area contributed by atoms with E-state index < -0.39 is 9.84 Å². The Morgan fingerprint density at radius 1 is 1.17 bits per heavy atom. The highest BCUT2D eigenvalue weighted by atomic mass is 32.2. The summed E-state index contributed by atoms with van der Waals surface area (Å²) in [5.74, 6) is 0. The van der Waals surface area contributed by atoms with Gasteiger partial charge < -0.3 is 5.32 Å². The summed E-state index contributed by atoms with van der Waals surface area (Å²) in [4.78, 5) is 0.379. The number of nitrogens with one attached hydrogen (secondary N) is 1. The summed E-state index contributed by atoms with van der Waals surface area (Å²) in [5, 5.41) is 3.32. The van der Waals surface area contributed by atoms with Gasteiger partial charge in [-0.05, 0) is 31.0 Å². The van der Waals surface area contributed by atoms with Crippen molar-refractivity contribution in [3.63, 3.8) is 0 Å². The maximum absolute atomic E-state index is 11.5. The molecule has 0 radical (unpaired) electrons. The van der Waals surface area contributed by atoms with E-state index in [4.69, 9.17) is 0 Å². The minimum Gasteiger partial charge on any atom is -0.385 e. The lowest BCUT2D eigenvalue weighted by Gasteiger charge is -2.11. The van der Waals surface area contributed by atoms with E-state index in [-0.39, 0.29) is 0 Å². The van der Waals surface area contributed by atoms with Crippen molar-refractivity contribution in [1.82, 2.24) is 0 Å². The normalized spacial score (nSPS) is 11.5. The molecular formula is C14H23NO2S. The molecule has 1 aromatic rings. The number of benzene rings is 1. The molecule has 1 aromatic carbocycles. The van der Waals surface area contributed by atoms with Gasteiger partial charge in [0.05, 0.1) is 4.90 Å². The van der Waals surface area contributed by atoms with Crippen molar-refractivity contribution < 1.29 is 8.42 Å². The number of aryl methyl sites for hydroxylation is 1. The van der Waals surface area contributed by atoms with Crippen molar-refractivity contribution in [3.8, 4) is 0 Å². The van der Waals surface area contributed by atoms with E-state index in [1.165, 1.54) is 25.5 Å². The largest absolute Gasteiger partial charge is 0.385 e. The van der Waals surface area contributed by atoms with Gasteiger partial charge in [-0.3, -0.25) is 0 Å². The number of hydrogen-bond acceptors (Lipinski definition) is 3. The molecule has 0 aliphatic heterocycles. The lowest BCUT2D eigenvalue weighted by molar-refractivity contribution is 0.602. The summed E-state index contributed by atoms with van der Waals surface area (Å²) >= 11 is 0. The summed E-state index contributed by atoms with van der Waals surface area (Å²) in [6.45, 7) is 5.07. The molecule has 0 aromatic heterocycles. The Bertz CT molecular complexity index is 481. The molecule has 0 saturated carbocycles. The minimum absolute atomic E-state index is 0.379. The number of anilines is 1. The van der Waals surface area contributed by atoms with E-state index in [1.54, 1.807) is 12.1 Å². The maximum Gasteiger partial charge on any atom is 0.175 e. The number of rotatable bonds is 7. The molecule has 0 aliphatic carbocycles. The first kappa shape index (κ1) is 15.0. The zero-order valence-electron chi connectivity index (χ0n) is 11.5. The summed E-state index contributed by atoms with van der Waals surface area (Å²) in [6.07, 6.45) is 6.06. The van der Waals surface area contributed by atoms with E-state index in [1.807, 2.05) is 13.0 Å². The molecule has 102 valence electrons. The molecule has 18 heavy (non-hydrogen) atoms. The molecule has 0 fully saturated rings. The van der Waals surface area contributed by atoms with E-state index in [0.29, 0.717) is 4.90 Å². The van der Waals surface area contributed by atoms with Crippen LogP contribution in [0.1, 0.15) is 38.2 Å². The first-order valence-electron chi connectivity index (χ1n) is 6.49. The van der Waals surface area contributed by atoms with Crippen LogP contribution in [0.5, 0.6) is 0 Å². The van der Waals surface area contributed by atoms with E-state index >= 15 is 0 Å². The van der Waals surface area contributed by atoms with Crippen molar-refractivity contribution in [3.05, 3.63) is 23.8 Å². The van der Waals surface area contributed by atoms with Crippen molar-refractivity contribution in [2.24, 2.45) is 0 Å². The first-order valence-corrected chi connectivity index (χ1v) is 8.39. The monoisotopic (exact) mass is 269 g/mol. The summed E-state index contributed by atoms with van der Waals surface area (Å²) in [6, 6.07) is 5.24. The Kier molecular flexibility index (Phi) is 5.66. The Hall–Kier alpha value is -1.03. The fraction of sp³-hybridized carbons (Fsp3) is 0.571. The molecule has 1 N–H and O–H groups in total. The third-order valence-corrected chi connectivity index (χ3v) is 4.09. The van der Waals surface area contributed by atoms with Crippen LogP contribution in [-0.4, -0.2) is 21.2 Å². The van der Waals surface area contributed by atoms with E-state index in [9.17, 15) is 8.42 Å². The number of unbranched alkanes of at least 4 members (excludes halogenated alkanes) is 3. The SMILES string of the molecule is CCCCCCNc1cc(S(C)(=O)=O)ccc1C. The third-order valence-electron chi connectivity index (χ3n) is 2.98. The lowest BCUT2D eigenvalue weighted by Crippen LogP contribution is -2.05. The predicted molar refractivity (Wildman–Crippen MR) is 76.9 cm³/mol. The molecule has 0 aliphatic rings. The second-order valence-electron chi connectivity index (χ2n) is 4.74. The van der Waals surface area contributed by atoms with Gasteiger partial charge >= 0.3 is 0 Å². The van der Waals surface area contributed by atoms with Crippen LogP contribution in [0.15, 0.2) is 23.1 Å². The van der Waals surface area contributed by atoms with E-state index in [0.717, 1.165) is 24.2 Å². The van der Waals surface area contributed by atoms with Gasteiger partial charge in [0.1, 0.15) is 0 Å².